The van der Waals surface area contributed by atoms with Crippen LogP contribution in [0.1, 0.15) is 41.5 Å². The number of ketones is 3. The van der Waals surface area contributed by atoms with Gasteiger partial charge in [-0.05, 0) is 150 Å². The number of carbonyl (C=O) groups is 3. The largest absolute Gasteiger partial charge is 0.512 e. The topological polar surface area (TPSA) is 189 Å². The minimum Gasteiger partial charge on any atom is -0.512 e. The zero-order valence-electron chi connectivity index (χ0n) is 70.1. The number of fused-ring (bicyclic) bond motifs is 8. The predicted octanol–water partition coefficient (Wildman–Crippen LogP) is 27.7. The summed E-state index contributed by atoms with van der Waals surface area (Å²) in [7, 11) is 0. The molecule has 5 radical (unpaired) electrons. The molecule has 20 rings (SSSR count). The Morgan fingerprint density at radius 3 is 1.20 bits per heavy atom. The number of thiophene rings is 1. The Balaban J connectivity index is 0.000000201. The number of rotatable bonds is 9. The number of carbonyl (C=O) groups excluding carboxylic acids is 3. The van der Waals surface area contributed by atoms with Crippen molar-refractivity contribution in [3.8, 4) is 66.2 Å². The van der Waals surface area contributed by atoms with Crippen molar-refractivity contribution in [2.24, 2.45) is 0 Å². The molecule has 19 heteroatoms. The molecule has 0 fully saturated rings. The summed E-state index contributed by atoms with van der Waals surface area (Å²) in [6.45, 7) is 8.54. The van der Waals surface area contributed by atoms with Gasteiger partial charge in [0.1, 0.15) is 0 Å². The summed E-state index contributed by atoms with van der Waals surface area (Å²) in [6, 6.07) is 130. The van der Waals surface area contributed by atoms with Crippen LogP contribution in [0.25, 0.3) is 152 Å². The number of para-hydroxylation sites is 1. The second kappa shape index (κ2) is 53.5. The van der Waals surface area contributed by atoms with Gasteiger partial charge in [-0.2, -0.15) is 23.5 Å². The van der Waals surface area contributed by atoms with Gasteiger partial charge in [-0.1, -0.05) is 221 Å². The van der Waals surface area contributed by atoms with Crippen molar-refractivity contribution in [2.45, 2.75) is 41.5 Å². The van der Waals surface area contributed by atoms with Crippen molar-refractivity contribution in [3.05, 3.63) is 436 Å². The molecule has 0 atom stereocenters. The molecule has 0 unspecified atom stereocenters. The fourth-order valence-electron chi connectivity index (χ4n) is 13.0. The minimum absolute atomic E-state index is 0. The number of hydrogen-bond acceptors (Lipinski definition) is 14. The zero-order chi connectivity index (χ0) is 86.1. The van der Waals surface area contributed by atoms with E-state index in [1.807, 2.05) is 182 Å². The SMILES string of the molecule is CC(=O)C=C(C)O.CC(=O)C=C(C)O.CC(=O)C=C(C)O.[Ir].[Ir].[Ir].[Ir].[Ir].[c-]1cc2ccccc2cc1-c1nccc2ccccc12.[c-]1ccc2ccccc2c1-c1cc2ccccc2cn1.[c-]1ccc2ccccc2c1-c1nc2ccccc2s1.[c-]1ccccc1-c1ccccn1.[c-]1ccccc1-c1nccc2ccccc12.[c-]1ccsc1-c1nccc2ccccc12. The molecule has 7 aromatic heterocycles. The predicted molar refractivity (Wildman–Crippen MR) is 508 cm³/mol. The standard InChI is InChI=1S/2C19H12N.C17H10NS.C15H10N.C13H8NS.C11H8N.3C5H8O2.5Ir/c1-2-8-16-13-20-19(12-15(16)7-1)18-11-5-9-14-6-3-4-10-17(14)18;1-2-7-16-13-17(10-9-14(16)5-1)19-18-8-4-3-6-15(18)11-12-20-19;1-2-8-13-12(6-1)7-5-9-14(13)17-18-15-10-3-4-11-16(15)19-17;1-2-7-13(8-3-1)15-14-9-5-4-6-12(14)10-11-16-15;1-2-5-11-10(4-1)7-8-14-13(11)12-6-3-9-15-12;1-2-6-10(7-3-1)11-8-4-5-9-12-11;3*1-4(6)3-5(2)7;;;;;/h1-10,12-13H;1-9,11-13H;1-8,10-11H;1-7,9-11H;1-5,7-9H;1-6,8-9H;3*3,6H,1-2H3;;;;;/q6*-1;;;;;;;;. The molecule has 0 saturated heterocycles. The van der Waals surface area contributed by atoms with E-state index in [9.17, 15) is 14.4 Å². The van der Waals surface area contributed by atoms with Gasteiger partial charge in [0.05, 0.1) is 22.8 Å². The number of nitrogens with zero attached hydrogens (tertiary/aromatic N) is 6. The van der Waals surface area contributed by atoms with Crippen molar-refractivity contribution in [2.75, 3.05) is 0 Å². The molecule has 20 aromatic rings. The molecule has 0 bridgehead atoms. The number of benzene rings is 13. The van der Waals surface area contributed by atoms with Crippen molar-refractivity contribution < 1.29 is 130 Å². The molecule has 0 spiro atoms. The van der Waals surface area contributed by atoms with Crippen LogP contribution in [0, 0.1) is 36.4 Å². The number of aliphatic hydroxyl groups is 3. The molecule has 7 heterocycles. The van der Waals surface area contributed by atoms with E-state index in [1.54, 1.807) is 28.9 Å². The molecule has 0 aliphatic carbocycles. The summed E-state index contributed by atoms with van der Waals surface area (Å²) in [5.74, 6) is -0.187. The maximum absolute atomic E-state index is 10.0. The fourth-order valence-corrected chi connectivity index (χ4v) is 14.7. The molecular formula is C109H84Ir5N6O6S2-6. The van der Waals surface area contributed by atoms with Crippen LogP contribution in [0.5, 0.6) is 0 Å². The number of allylic oxidation sites excluding steroid dienone is 6. The number of aromatic nitrogens is 6. The number of aliphatic hydroxyl groups excluding tert-OH is 3. The van der Waals surface area contributed by atoms with Gasteiger partial charge in [0.25, 0.3) is 0 Å². The molecule has 13 aromatic carbocycles. The van der Waals surface area contributed by atoms with Crippen molar-refractivity contribution in [1.82, 2.24) is 29.9 Å². The van der Waals surface area contributed by atoms with Crippen LogP contribution in [0.15, 0.2) is 399 Å². The molecule has 0 aliphatic heterocycles. The molecule has 12 nitrogen and oxygen atoms in total. The van der Waals surface area contributed by atoms with E-state index in [0.29, 0.717) is 0 Å². The van der Waals surface area contributed by atoms with Crippen LogP contribution in [0.4, 0.5) is 0 Å². The van der Waals surface area contributed by atoms with Gasteiger partial charge in [-0.3, -0.25) is 19.4 Å². The van der Waals surface area contributed by atoms with E-state index in [4.69, 9.17) is 20.3 Å². The summed E-state index contributed by atoms with van der Waals surface area (Å²) < 4.78 is 1.22. The zero-order valence-corrected chi connectivity index (χ0v) is 83.7. The van der Waals surface area contributed by atoms with Crippen LogP contribution in [-0.4, -0.2) is 62.6 Å². The van der Waals surface area contributed by atoms with Gasteiger partial charge >= 0.3 is 0 Å². The maximum Gasteiger partial charge on any atom is 0.155 e. The van der Waals surface area contributed by atoms with Gasteiger partial charge in [-0.15, -0.1) is 165 Å². The Hall–Kier alpha value is -12.1. The van der Waals surface area contributed by atoms with Gasteiger partial charge in [0.15, 0.2) is 17.3 Å². The van der Waals surface area contributed by atoms with E-state index >= 15 is 0 Å². The Kier molecular flexibility index (Phi) is 43.0. The smallest absolute Gasteiger partial charge is 0.155 e. The number of thiazole rings is 1. The average Bonchev–Trinajstić information content (AvgIpc) is 0.965. The van der Waals surface area contributed by atoms with Crippen molar-refractivity contribution >= 4 is 126 Å². The fraction of sp³-hybridized carbons (Fsp3) is 0.0550. The first-order chi connectivity index (χ1) is 60.0. The summed E-state index contributed by atoms with van der Waals surface area (Å²) in [4.78, 5) is 58.1. The van der Waals surface area contributed by atoms with Gasteiger partial charge < -0.3 is 40.2 Å². The van der Waals surface area contributed by atoms with E-state index in [-0.39, 0.29) is 135 Å². The molecule has 0 aliphatic rings. The molecule has 0 saturated carbocycles. The van der Waals surface area contributed by atoms with Crippen LogP contribution in [-0.2, 0) is 115 Å². The summed E-state index contributed by atoms with van der Waals surface area (Å²) in [5.41, 5.74) is 11.3. The second-order valence-corrected chi connectivity index (χ2v) is 29.7. The molecule has 3 N–H and O–H groups in total. The van der Waals surface area contributed by atoms with E-state index in [2.05, 4.69) is 237 Å². The summed E-state index contributed by atoms with van der Waals surface area (Å²) in [6.07, 6.45) is 12.8. The second-order valence-electron chi connectivity index (χ2n) is 27.8. The number of hydrogen-bond donors (Lipinski definition) is 3. The van der Waals surface area contributed by atoms with E-state index in [0.717, 1.165) is 77.1 Å². The Morgan fingerprint density at radius 1 is 0.312 bits per heavy atom. The average molecular weight is 2600 g/mol. The minimum atomic E-state index is -0.125. The van der Waals surface area contributed by atoms with E-state index in [1.165, 1.54) is 134 Å². The van der Waals surface area contributed by atoms with Gasteiger partial charge in [0, 0.05) is 159 Å². The molecular weight excluding hydrogens is 2510 g/mol. The van der Waals surface area contributed by atoms with Gasteiger partial charge in [-0.25, -0.2) is 11.3 Å². The van der Waals surface area contributed by atoms with Crippen LogP contribution >= 0.6 is 22.7 Å². The first kappa shape index (κ1) is 103. The Morgan fingerprint density at radius 2 is 0.727 bits per heavy atom. The summed E-state index contributed by atoms with van der Waals surface area (Å²) in [5, 5.41) is 45.0. The molecule has 649 valence electrons. The van der Waals surface area contributed by atoms with Crippen LogP contribution < -0.4 is 0 Å². The first-order valence-electron chi connectivity index (χ1n) is 39.4. The quantitative estimate of drug-likeness (QED) is 0.0706. The van der Waals surface area contributed by atoms with Gasteiger partial charge in [0.2, 0.25) is 0 Å². The third kappa shape index (κ3) is 30.3. The number of pyridine rings is 5. The normalized spacial score (nSPS) is 10.4. The molecule has 128 heavy (non-hydrogen) atoms. The summed E-state index contributed by atoms with van der Waals surface area (Å²) >= 11 is 3.40. The Bertz CT molecular complexity index is 6720. The Labute approximate surface area is 821 Å². The van der Waals surface area contributed by atoms with Crippen LogP contribution in [0.2, 0.25) is 0 Å². The van der Waals surface area contributed by atoms with Crippen molar-refractivity contribution in [3.63, 3.8) is 0 Å². The third-order valence-corrected chi connectivity index (χ3v) is 20.2. The maximum atomic E-state index is 10.0. The van der Waals surface area contributed by atoms with E-state index < -0.39 is 0 Å². The first-order valence-corrected chi connectivity index (χ1v) is 41.1. The third-order valence-electron chi connectivity index (χ3n) is 18.3. The van der Waals surface area contributed by atoms with Crippen LogP contribution in [0.3, 0.4) is 0 Å². The van der Waals surface area contributed by atoms with Crippen molar-refractivity contribution in [1.29, 1.82) is 0 Å². The monoisotopic (exact) mass is 2600 g/mol. The molecule has 0 amide bonds.